The number of hydrogen-bond donors (Lipinski definition) is 2. The van der Waals surface area contributed by atoms with Gasteiger partial charge in [0.05, 0.1) is 40.0 Å². The van der Waals surface area contributed by atoms with Crippen LogP contribution in [0.15, 0.2) is 138 Å². The van der Waals surface area contributed by atoms with Crippen LogP contribution in [0.4, 0.5) is 11.4 Å². The molecule has 0 spiro atoms. The molecular weight excluding hydrogens is 570 g/mol. The molecule has 0 aliphatic heterocycles. The molecule has 1 atom stereocenters. The summed E-state index contributed by atoms with van der Waals surface area (Å²) in [5, 5.41) is 5.84. The minimum absolute atomic E-state index is 0.0116. The molecule has 5 aromatic rings. The summed E-state index contributed by atoms with van der Waals surface area (Å²) in [5.41, 5.74) is 3.59. The summed E-state index contributed by atoms with van der Waals surface area (Å²) < 4.78 is 29.4. The van der Waals surface area contributed by atoms with Gasteiger partial charge in [-0.1, -0.05) is 103 Å². The molecular formula is C36H33N3O4S. The zero-order valence-corrected chi connectivity index (χ0v) is 25.3. The molecule has 0 heterocycles. The maximum absolute atomic E-state index is 14.1. The Hall–Kier alpha value is -5.21. The number of para-hydroxylation sites is 2. The highest BCUT2D eigenvalue weighted by Crippen LogP contribution is 2.30. The van der Waals surface area contributed by atoms with Crippen LogP contribution < -0.4 is 14.9 Å². The Balaban J connectivity index is 1.48. The average molecular weight is 604 g/mol. The van der Waals surface area contributed by atoms with Gasteiger partial charge in [0, 0.05) is 0 Å². The van der Waals surface area contributed by atoms with E-state index in [4.69, 9.17) is 0 Å². The highest BCUT2D eigenvalue weighted by molar-refractivity contribution is 7.92. The van der Waals surface area contributed by atoms with E-state index in [1.54, 1.807) is 72.8 Å². The van der Waals surface area contributed by atoms with Crippen molar-refractivity contribution in [2.45, 2.75) is 31.3 Å². The monoisotopic (exact) mass is 603 g/mol. The zero-order chi connectivity index (χ0) is 31.1. The third-order valence-electron chi connectivity index (χ3n) is 7.26. The lowest BCUT2D eigenvalue weighted by atomic mass is 10.1. The fourth-order valence-corrected chi connectivity index (χ4v) is 6.32. The predicted molar refractivity (Wildman–Crippen MR) is 174 cm³/mol. The van der Waals surface area contributed by atoms with Crippen LogP contribution in [0.25, 0.3) is 0 Å². The average Bonchev–Trinajstić information content (AvgIpc) is 3.05. The molecule has 222 valence electrons. The standard InChI is InChI=1S/C36H33N3O4S/c1-26-21-23-30(24-22-26)44(42,43)39(25-28-13-5-3-6-14-28)34-20-12-10-18-32(34)36(41)38-33-19-11-9-17-31(33)35(40)37-27(2)29-15-7-4-8-16-29/h3-24,27H,25H2,1-2H3,(H,37,40)(H,38,41)/t27-/m1/s1. The van der Waals surface area contributed by atoms with Crippen LogP contribution in [-0.2, 0) is 16.6 Å². The number of anilines is 2. The second kappa shape index (κ2) is 13.4. The molecule has 0 unspecified atom stereocenters. The first-order chi connectivity index (χ1) is 21.2. The minimum Gasteiger partial charge on any atom is -0.345 e. The normalized spacial score (nSPS) is 11.8. The topological polar surface area (TPSA) is 95.6 Å². The van der Waals surface area contributed by atoms with E-state index >= 15 is 0 Å². The van der Waals surface area contributed by atoms with Crippen molar-refractivity contribution in [1.82, 2.24) is 5.32 Å². The van der Waals surface area contributed by atoms with Crippen molar-refractivity contribution in [3.05, 3.63) is 161 Å². The van der Waals surface area contributed by atoms with Gasteiger partial charge in [-0.3, -0.25) is 13.9 Å². The third kappa shape index (κ3) is 6.88. The first kappa shape index (κ1) is 30.3. The number of rotatable bonds is 10. The van der Waals surface area contributed by atoms with Crippen molar-refractivity contribution in [3.63, 3.8) is 0 Å². The number of carbonyl (C=O) groups excluding carboxylic acids is 2. The van der Waals surface area contributed by atoms with Crippen molar-refractivity contribution in [3.8, 4) is 0 Å². The Morgan fingerprint density at radius 1 is 0.682 bits per heavy atom. The Bertz CT molecular complexity index is 1860. The highest BCUT2D eigenvalue weighted by atomic mass is 32.2. The molecule has 0 fully saturated rings. The molecule has 2 N–H and O–H groups in total. The number of nitrogens with one attached hydrogen (secondary N) is 2. The Labute approximate surface area is 258 Å². The number of carbonyl (C=O) groups is 2. The first-order valence-electron chi connectivity index (χ1n) is 14.2. The molecule has 7 nitrogen and oxygen atoms in total. The molecule has 0 aliphatic rings. The minimum atomic E-state index is -4.07. The molecule has 0 saturated heterocycles. The summed E-state index contributed by atoms with van der Waals surface area (Å²) in [4.78, 5) is 27.3. The second-order valence-corrected chi connectivity index (χ2v) is 12.3. The van der Waals surface area contributed by atoms with Gasteiger partial charge in [-0.05, 0) is 61.4 Å². The number of sulfonamides is 1. The van der Waals surface area contributed by atoms with E-state index in [-0.39, 0.29) is 40.2 Å². The summed E-state index contributed by atoms with van der Waals surface area (Å²) in [7, 11) is -4.07. The van der Waals surface area contributed by atoms with Gasteiger partial charge in [0.2, 0.25) is 0 Å². The second-order valence-electron chi connectivity index (χ2n) is 10.4. The van der Waals surface area contributed by atoms with E-state index in [1.165, 1.54) is 4.31 Å². The summed E-state index contributed by atoms with van der Waals surface area (Å²) in [6.07, 6.45) is 0. The van der Waals surface area contributed by atoms with Crippen LogP contribution in [0.1, 0.15) is 50.4 Å². The van der Waals surface area contributed by atoms with Gasteiger partial charge in [0.25, 0.3) is 21.8 Å². The predicted octanol–water partition coefficient (Wildman–Crippen LogP) is 7.13. The first-order valence-corrected chi connectivity index (χ1v) is 15.7. The van der Waals surface area contributed by atoms with Crippen molar-refractivity contribution in [1.29, 1.82) is 0 Å². The Morgan fingerprint density at radius 2 is 1.25 bits per heavy atom. The summed E-state index contributed by atoms with van der Waals surface area (Å²) in [6, 6.07) is 38.5. The SMILES string of the molecule is Cc1ccc(S(=O)(=O)N(Cc2ccccc2)c2ccccc2C(=O)Nc2ccccc2C(=O)N[C@H](C)c2ccccc2)cc1. The number of hydrogen-bond acceptors (Lipinski definition) is 4. The quantitative estimate of drug-likeness (QED) is 0.178. The smallest absolute Gasteiger partial charge is 0.264 e. The fraction of sp³-hybridized carbons (Fsp3) is 0.111. The van der Waals surface area contributed by atoms with E-state index < -0.39 is 15.9 Å². The molecule has 2 amide bonds. The lowest BCUT2D eigenvalue weighted by molar-refractivity contribution is 0.0940. The van der Waals surface area contributed by atoms with Crippen LogP contribution in [0.3, 0.4) is 0 Å². The van der Waals surface area contributed by atoms with Crippen LogP contribution in [-0.4, -0.2) is 20.2 Å². The van der Waals surface area contributed by atoms with Gasteiger partial charge >= 0.3 is 0 Å². The molecule has 5 aromatic carbocycles. The molecule has 0 aromatic heterocycles. The van der Waals surface area contributed by atoms with Crippen molar-refractivity contribution in [2.75, 3.05) is 9.62 Å². The number of nitrogens with zero attached hydrogens (tertiary/aromatic N) is 1. The summed E-state index contributed by atoms with van der Waals surface area (Å²) in [5.74, 6) is -0.896. The van der Waals surface area contributed by atoms with Gasteiger partial charge in [-0.15, -0.1) is 0 Å². The molecule has 0 bridgehead atoms. The van der Waals surface area contributed by atoms with Crippen LogP contribution in [0.2, 0.25) is 0 Å². The van der Waals surface area contributed by atoms with Gasteiger partial charge in [-0.25, -0.2) is 8.42 Å². The number of aryl methyl sites for hydroxylation is 1. The summed E-state index contributed by atoms with van der Waals surface area (Å²) in [6.45, 7) is 3.79. The Kier molecular flexibility index (Phi) is 9.21. The molecule has 8 heteroatoms. The van der Waals surface area contributed by atoms with Crippen molar-refractivity contribution >= 4 is 33.2 Å². The third-order valence-corrected chi connectivity index (χ3v) is 9.04. The van der Waals surface area contributed by atoms with E-state index in [0.29, 0.717) is 5.69 Å². The van der Waals surface area contributed by atoms with E-state index in [2.05, 4.69) is 10.6 Å². The van der Waals surface area contributed by atoms with E-state index in [0.717, 1.165) is 16.7 Å². The van der Waals surface area contributed by atoms with Gasteiger partial charge in [-0.2, -0.15) is 0 Å². The number of amides is 2. The molecule has 0 saturated carbocycles. The van der Waals surface area contributed by atoms with Crippen molar-refractivity contribution in [2.24, 2.45) is 0 Å². The number of benzene rings is 5. The van der Waals surface area contributed by atoms with Crippen LogP contribution >= 0.6 is 0 Å². The zero-order valence-electron chi connectivity index (χ0n) is 24.5. The molecule has 44 heavy (non-hydrogen) atoms. The lowest BCUT2D eigenvalue weighted by Crippen LogP contribution is -2.32. The highest BCUT2D eigenvalue weighted by Gasteiger charge is 2.29. The van der Waals surface area contributed by atoms with Gasteiger partial charge < -0.3 is 10.6 Å². The van der Waals surface area contributed by atoms with Crippen LogP contribution in [0, 0.1) is 6.92 Å². The van der Waals surface area contributed by atoms with Gasteiger partial charge in [0.15, 0.2) is 0 Å². The van der Waals surface area contributed by atoms with Gasteiger partial charge in [0.1, 0.15) is 0 Å². The molecule has 0 aliphatic carbocycles. The molecule has 5 rings (SSSR count). The largest absolute Gasteiger partial charge is 0.345 e. The van der Waals surface area contributed by atoms with Crippen molar-refractivity contribution < 1.29 is 18.0 Å². The van der Waals surface area contributed by atoms with E-state index in [9.17, 15) is 18.0 Å². The maximum atomic E-state index is 14.1. The van der Waals surface area contributed by atoms with E-state index in [1.807, 2.05) is 74.5 Å². The Morgan fingerprint density at radius 3 is 1.93 bits per heavy atom. The fourth-order valence-electron chi connectivity index (χ4n) is 4.85. The summed E-state index contributed by atoms with van der Waals surface area (Å²) >= 11 is 0. The van der Waals surface area contributed by atoms with Crippen LogP contribution in [0.5, 0.6) is 0 Å². The maximum Gasteiger partial charge on any atom is 0.264 e. The lowest BCUT2D eigenvalue weighted by Gasteiger charge is -2.27. The molecule has 0 radical (unpaired) electrons.